The highest BCUT2D eigenvalue weighted by atomic mass is 35.5. The highest BCUT2D eigenvalue weighted by molar-refractivity contribution is 6.35. The predicted octanol–water partition coefficient (Wildman–Crippen LogP) is 5.29. The topological polar surface area (TPSA) is 129 Å². The minimum Gasteiger partial charge on any atom is -0.486 e. The van der Waals surface area contributed by atoms with Crippen molar-refractivity contribution in [3.8, 4) is 17.0 Å². The molecule has 1 aliphatic heterocycles. The smallest absolute Gasteiger partial charge is 0.486 e. The number of pyridine rings is 1. The summed E-state index contributed by atoms with van der Waals surface area (Å²) in [6, 6.07) is 5.77. The molecule has 1 saturated heterocycles. The number of anilines is 1. The largest absolute Gasteiger partial charge is 0.490 e. The van der Waals surface area contributed by atoms with Crippen LogP contribution in [0.1, 0.15) is 25.0 Å². The van der Waals surface area contributed by atoms with Crippen molar-refractivity contribution in [3.05, 3.63) is 58.6 Å². The third-order valence-electron chi connectivity index (χ3n) is 5.92. The average Bonchev–Trinajstić information content (AvgIpc) is 3.13. The predicted molar refractivity (Wildman–Crippen MR) is 144 cm³/mol. The van der Waals surface area contributed by atoms with E-state index in [1.807, 2.05) is 37.5 Å². The first-order chi connectivity index (χ1) is 19.0. The minimum absolute atomic E-state index is 0.355. The van der Waals surface area contributed by atoms with E-state index in [9.17, 15) is 13.2 Å². The Morgan fingerprint density at radius 2 is 1.77 bits per heavy atom. The molecule has 0 saturated carbocycles. The van der Waals surface area contributed by atoms with E-state index < -0.39 is 12.1 Å². The summed E-state index contributed by atoms with van der Waals surface area (Å²) in [5.74, 6) is -1.34. The molecule has 1 atom stereocenters. The molecule has 0 aliphatic carbocycles. The zero-order valence-electron chi connectivity index (χ0n) is 21.0. The van der Waals surface area contributed by atoms with Gasteiger partial charge in [0.05, 0.1) is 15.6 Å². The van der Waals surface area contributed by atoms with Gasteiger partial charge in [0.15, 0.2) is 0 Å². The molecule has 40 heavy (non-hydrogen) atoms. The lowest BCUT2D eigenvalue weighted by Crippen LogP contribution is -2.29. The van der Waals surface area contributed by atoms with E-state index in [0.717, 1.165) is 60.7 Å². The van der Waals surface area contributed by atoms with Gasteiger partial charge in [-0.05, 0) is 38.1 Å². The number of halogens is 5. The number of alkyl halides is 3. The van der Waals surface area contributed by atoms with Crippen LogP contribution in [0.4, 0.5) is 19.1 Å². The van der Waals surface area contributed by atoms with Gasteiger partial charge in [-0.2, -0.15) is 18.3 Å². The summed E-state index contributed by atoms with van der Waals surface area (Å²) in [4.78, 5) is 24.3. The number of aromatic amines is 1. The maximum Gasteiger partial charge on any atom is 0.490 e. The molecule has 5 rings (SSSR count). The molecule has 15 heteroatoms. The summed E-state index contributed by atoms with van der Waals surface area (Å²) >= 11 is 12.6. The molecular weight excluding hydrogens is 574 g/mol. The Hall–Kier alpha value is -3.68. The maximum atomic E-state index is 10.6. The molecule has 10 nitrogen and oxygen atoms in total. The second-order valence-electron chi connectivity index (χ2n) is 8.72. The first-order valence-corrected chi connectivity index (χ1v) is 12.8. The minimum atomic E-state index is -5.08. The molecule has 212 valence electrons. The van der Waals surface area contributed by atoms with Gasteiger partial charge >= 0.3 is 12.1 Å². The second-order valence-corrected chi connectivity index (χ2v) is 9.54. The Morgan fingerprint density at radius 1 is 1.10 bits per heavy atom. The molecule has 3 N–H and O–H groups in total. The Bertz CT molecular complexity index is 1440. The van der Waals surface area contributed by atoms with Crippen molar-refractivity contribution in [2.45, 2.75) is 25.6 Å². The summed E-state index contributed by atoms with van der Waals surface area (Å²) in [5.41, 5.74) is 3.21. The monoisotopic (exact) mass is 597 g/mol. The van der Waals surface area contributed by atoms with Gasteiger partial charge in [0.25, 0.3) is 0 Å². The summed E-state index contributed by atoms with van der Waals surface area (Å²) in [6.07, 6.45) is 2.40. The quantitative estimate of drug-likeness (QED) is 0.281. The molecule has 4 heterocycles. The van der Waals surface area contributed by atoms with Crippen molar-refractivity contribution < 1.29 is 27.8 Å². The molecule has 1 aromatic carbocycles. The van der Waals surface area contributed by atoms with Gasteiger partial charge < -0.3 is 20.1 Å². The lowest BCUT2D eigenvalue weighted by Gasteiger charge is -2.19. The zero-order valence-corrected chi connectivity index (χ0v) is 22.6. The number of fused-ring (bicyclic) bond motifs is 1. The number of hydrogen-bond donors (Lipinski definition) is 3. The number of hydrogen-bond acceptors (Lipinski definition) is 8. The third-order valence-corrected chi connectivity index (χ3v) is 6.52. The summed E-state index contributed by atoms with van der Waals surface area (Å²) < 4.78 is 37.9. The summed E-state index contributed by atoms with van der Waals surface area (Å²) in [5, 5.41) is 19.9. The van der Waals surface area contributed by atoms with E-state index in [1.54, 1.807) is 12.4 Å². The van der Waals surface area contributed by atoms with Crippen LogP contribution < -0.4 is 15.0 Å². The van der Waals surface area contributed by atoms with E-state index in [4.69, 9.17) is 37.8 Å². The number of H-pyrrole nitrogens is 1. The molecule has 0 amide bonds. The maximum absolute atomic E-state index is 10.6. The lowest BCUT2D eigenvalue weighted by atomic mass is 10.1. The van der Waals surface area contributed by atoms with Crippen molar-refractivity contribution >= 4 is 46.0 Å². The van der Waals surface area contributed by atoms with Gasteiger partial charge in [0, 0.05) is 60.9 Å². The molecule has 0 radical (unpaired) electrons. The number of benzene rings is 1. The Kier molecular flexibility index (Phi) is 9.28. The first kappa shape index (κ1) is 29.3. The van der Waals surface area contributed by atoms with Crippen LogP contribution in [0.5, 0.6) is 5.75 Å². The van der Waals surface area contributed by atoms with Crippen LogP contribution in [0, 0.1) is 0 Å². The Morgan fingerprint density at radius 3 is 2.42 bits per heavy atom. The molecule has 3 aromatic heterocycles. The van der Waals surface area contributed by atoms with Gasteiger partial charge in [-0.15, -0.1) is 0 Å². The number of carboxylic acid groups (broad SMARTS) is 1. The van der Waals surface area contributed by atoms with Crippen molar-refractivity contribution in [3.63, 3.8) is 0 Å². The van der Waals surface area contributed by atoms with Crippen LogP contribution in [-0.4, -0.2) is 68.6 Å². The van der Waals surface area contributed by atoms with Crippen LogP contribution in [0.25, 0.3) is 22.2 Å². The van der Waals surface area contributed by atoms with E-state index >= 15 is 0 Å². The van der Waals surface area contributed by atoms with Crippen LogP contribution in [0.2, 0.25) is 10.0 Å². The van der Waals surface area contributed by atoms with Crippen molar-refractivity contribution in [2.24, 2.45) is 0 Å². The Labute approximate surface area is 236 Å². The van der Waals surface area contributed by atoms with Gasteiger partial charge in [0.2, 0.25) is 5.95 Å². The number of carbonyl (C=O) groups is 1. The number of aromatic nitrogens is 5. The second kappa shape index (κ2) is 12.7. The summed E-state index contributed by atoms with van der Waals surface area (Å²) in [7, 11) is 0. The standard InChI is InChI=1S/C23H23Cl2N7O.C2HF3O2/c1-14(21-18(24)12-27-13-19(21)25)33-16-3-4-20-17(9-16)22(31-30-20)15-10-28-23(29-11-15)32-7-2-5-26-6-8-32;3-2(4,5)1(6)7/h3-4,9-14,26H,2,5-8H2,1H3,(H,30,31);(H,6,7)/t14-;/m1./s1. The highest BCUT2D eigenvalue weighted by Gasteiger charge is 2.38. The first-order valence-electron chi connectivity index (χ1n) is 12.1. The fraction of sp³-hybridized carbons (Fsp3) is 0.320. The fourth-order valence-electron chi connectivity index (χ4n) is 4.01. The lowest BCUT2D eigenvalue weighted by molar-refractivity contribution is -0.192. The highest BCUT2D eigenvalue weighted by Crippen LogP contribution is 2.34. The van der Waals surface area contributed by atoms with Crippen LogP contribution in [0.3, 0.4) is 0 Å². The SMILES string of the molecule is C[C@@H](Oc1ccc2[nH]nc(-c3cnc(N4CCCNCC4)nc3)c2c1)c1c(Cl)cncc1Cl.O=C(O)C(F)(F)F. The third kappa shape index (κ3) is 7.09. The molecule has 0 spiro atoms. The van der Waals surface area contributed by atoms with Gasteiger partial charge in [-0.1, -0.05) is 23.2 Å². The van der Waals surface area contributed by atoms with Crippen molar-refractivity contribution in [1.82, 2.24) is 30.5 Å². The van der Waals surface area contributed by atoms with Crippen LogP contribution in [0.15, 0.2) is 43.0 Å². The van der Waals surface area contributed by atoms with Crippen LogP contribution in [-0.2, 0) is 4.79 Å². The number of carboxylic acids is 1. The normalized spacial score (nSPS) is 14.7. The van der Waals surface area contributed by atoms with E-state index in [0.29, 0.717) is 21.4 Å². The van der Waals surface area contributed by atoms with Gasteiger partial charge in [-0.3, -0.25) is 10.1 Å². The van der Waals surface area contributed by atoms with E-state index in [-0.39, 0.29) is 6.10 Å². The molecule has 4 aromatic rings. The molecular formula is C25H24Cl2F3N7O3. The van der Waals surface area contributed by atoms with E-state index in [2.05, 4.69) is 35.4 Å². The number of nitrogens with zero attached hydrogens (tertiary/aromatic N) is 5. The molecule has 0 bridgehead atoms. The average molecular weight is 598 g/mol. The zero-order chi connectivity index (χ0) is 28.9. The van der Waals surface area contributed by atoms with E-state index in [1.165, 1.54) is 0 Å². The number of ether oxygens (including phenoxy) is 1. The van der Waals surface area contributed by atoms with Gasteiger partial charge in [0.1, 0.15) is 17.5 Å². The molecule has 1 fully saturated rings. The van der Waals surface area contributed by atoms with Crippen LogP contribution >= 0.6 is 23.2 Å². The Balaban J connectivity index is 0.000000470. The van der Waals surface area contributed by atoms with Crippen molar-refractivity contribution in [1.29, 1.82) is 0 Å². The fourth-order valence-corrected chi connectivity index (χ4v) is 4.68. The van der Waals surface area contributed by atoms with Gasteiger partial charge in [-0.25, -0.2) is 14.8 Å². The molecule has 0 unspecified atom stereocenters. The number of rotatable bonds is 5. The summed E-state index contributed by atoms with van der Waals surface area (Å²) in [6.45, 7) is 5.71. The van der Waals surface area contributed by atoms with Crippen molar-refractivity contribution in [2.75, 3.05) is 31.1 Å². The number of nitrogens with one attached hydrogen (secondary N) is 2. The molecule has 1 aliphatic rings. The number of aliphatic carboxylic acids is 1.